The van der Waals surface area contributed by atoms with E-state index in [2.05, 4.69) is 4.98 Å². The molecule has 1 heterocycles. The Hall–Kier alpha value is -0.270. The maximum atomic E-state index is 5.90. The molecule has 0 aromatic carbocycles. The first-order chi connectivity index (χ1) is 5.25. The summed E-state index contributed by atoms with van der Waals surface area (Å²) in [4.78, 5) is 4.13. The molecule has 0 bridgehead atoms. The first kappa shape index (κ1) is 8.82. The van der Waals surface area contributed by atoms with Crippen LogP contribution in [0.15, 0.2) is 18.3 Å². The van der Waals surface area contributed by atoms with Crippen LogP contribution in [0.25, 0.3) is 0 Å². The van der Waals surface area contributed by atoms with Crippen LogP contribution in [0.1, 0.15) is 16.6 Å². The van der Waals surface area contributed by atoms with Crippen molar-refractivity contribution in [1.82, 2.24) is 4.98 Å². The van der Waals surface area contributed by atoms with Crippen LogP contribution in [-0.2, 0) is 0 Å². The molecule has 0 fully saturated rings. The van der Waals surface area contributed by atoms with E-state index in [0.29, 0.717) is 5.88 Å². The lowest BCUT2D eigenvalue weighted by atomic mass is 10.2. The Kier molecular flexibility index (Phi) is 3.16. The summed E-state index contributed by atoms with van der Waals surface area (Å²) in [5.41, 5.74) is 1.97. The fourth-order valence-electron chi connectivity index (χ4n) is 0.899. The van der Waals surface area contributed by atoms with Gasteiger partial charge in [-0.1, -0.05) is 6.07 Å². The molecular formula is C8H9Cl2N. The van der Waals surface area contributed by atoms with Crippen LogP contribution in [0.2, 0.25) is 0 Å². The standard InChI is InChI=1S/C8H9Cl2N/c1-6-3-2-4-11-8(6)7(10)5-9/h2-4,7H,5H2,1H3. The Morgan fingerprint density at radius 3 is 2.91 bits per heavy atom. The third kappa shape index (κ3) is 2.08. The van der Waals surface area contributed by atoms with Crippen LogP contribution in [-0.4, -0.2) is 10.9 Å². The van der Waals surface area contributed by atoms with Gasteiger partial charge in [-0.3, -0.25) is 4.98 Å². The molecule has 11 heavy (non-hydrogen) atoms. The molecule has 1 nitrogen and oxygen atoms in total. The zero-order chi connectivity index (χ0) is 8.27. The molecule has 0 amide bonds. The number of aryl methyl sites for hydroxylation is 1. The second-order valence-corrected chi connectivity index (χ2v) is 3.16. The highest BCUT2D eigenvalue weighted by molar-refractivity contribution is 6.28. The molecule has 0 saturated carbocycles. The van der Waals surface area contributed by atoms with Crippen molar-refractivity contribution in [3.8, 4) is 0 Å². The van der Waals surface area contributed by atoms with E-state index >= 15 is 0 Å². The molecule has 1 aromatic heterocycles. The first-order valence-corrected chi connectivity index (χ1v) is 4.34. The van der Waals surface area contributed by atoms with Crippen molar-refractivity contribution in [2.75, 3.05) is 5.88 Å². The van der Waals surface area contributed by atoms with Gasteiger partial charge in [-0.2, -0.15) is 0 Å². The molecule has 1 unspecified atom stereocenters. The molecule has 0 spiro atoms. The molecule has 0 aliphatic rings. The smallest absolute Gasteiger partial charge is 0.0894 e. The quantitative estimate of drug-likeness (QED) is 0.653. The number of hydrogen-bond acceptors (Lipinski definition) is 1. The average molecular weight is 190 g/mol. The second kappa shape index (κ2) is 3.93. The lowest BCUT2D eigenvalue weighted by molar-refractivity contribution is 0.979. The maximum Gasteiger partial charge on any atom is 0.0894 e. The van der Waals surface area contributed by atoms with Crippen LogP contribution >= 0.6 is 23.2 Å². The van der Waals surface area contributed by atoms with Crippen LogP contribution < -0.4 is 0 Å². The van der Waals surface area contributed by atoms with Gasteiger partial charge in [0.1, 0.15) is 0 Å². The van der Waals surface area contributed by atoms with Crippen LogP contribution in [0, 0.1) is 6.92 Å². The number of aromatic nitrogens is 1. The molecule has 0 saturated heterocycles. The van der Waals surface area contributed by atoms with Crippen LogP contribution in [0.4, 0.5) is 0 Å². The predicted molar refractivity (Wildman–Crippen MR) is 48.3 cm³/mol. The maximum absolute atomic E-state index is 5.90. The number of hydrogen-bond donors (Lipinski definition) is 0. The third-order valence-electron chi connectivity index (χ3n) is 1.48. The van der Waals surface area contributed by atoms with Gasteiger partial charge >= 0.3 is 0 Å². The summed E-state index contributed by atoms with van der Waals surface area (Å²) < 4.78 is 0. The number of pyridine rings is 1. The third-order valence-corrected chi connectivity index (χ3v) is 2.31. The monoisotopic (exact) mass is 189 g/mol. The molecule has 1 atom stereocenters. The van der Waals surface area contributed by atoms with Gasteiger partial charge in [0.15, 0.2) is 0 Å². The molecule has 3 heteroatoms. The van der Waals surface area contributed by atoms with Gasteiger partial charge in [-0.05, 0) is 18.6 Å². The van der Waals surface area contributed by atoms with E-state index in [4.69, 9.17) is 23.2 Å². The molecule has 0 aliphatic carbocycles. The summed E-state index contributed by atoms with van der Waals surface area (Å²) in [5.74, 6) is 0.402. The highest BCUT2D eigenvalue weighted by Gasteiger charge is 2.09. The lowest BCUT2D eigenvalue weighted by Gasteiger charge is -2.06. The largest absolute Gasteiger partial charge is 0.259 e. The molecule has 1 rings (SSSR count). The molecule has 60 valence electrons. The van der Waals surface area contributed by atoms with Gasteiger partial charge in [-0.25, -0.2) is 0 Å². The van der Waals surface area contributed by atoms with Crippen molar-refractivity contribution in [3.63, 3.8) is 0 Å². The van der Waals surface area contributed by atoms with Crippen molar-refractivity contribution in [2.24, 2.45) is 0 Å². The van der Waals surface area contributed by atoms with Gasteiger partial charge in [0.2, 0.25) is 0 Å². The number of nitrogens with zero attached hydrogens (tertiary/aromatic N) is 1. The molecule has 0 N–H and O–H groups in total. The summed E-state index contributed by atoms with van der Waals surface area (Å²) in [5, 5.41) is -0.169. The Morgan fingerprint density at radius 2 is 2.36 bits per heavy atom. The minimum atomic E-state index is -0.169. The van der Waals surface area contributed by atoms with Crippen molar-refractivity contribution < 1.29 is 0 Å². The highest BCUT2D eigenvalue weighted by atomic mass is 35.5. The summed E-state index contributed by atoms with van der Waals surface area (Å²) in [6, 6.07) is 3.86. The summed E-state index contributed by atoms with van der Waals surface area (Å²) >= 11 is 11.5. The zero-order valence-electron chi connectivity index (χ0n) is 6.22. The van der Waals surface area contributed by atoms with Gasteiger partial charge in [0, 0.05) is 12.1 Å². The fourth-order valence-corrected chi connectivity index (χ4v) is 1.27. The van der Waals surface area contributed by atoms with E-state index in [1.54, 1.807) is 6.20 Å². The van der Waals surface area contributed by atoms with E-state index in [0.717, 1.165) is 11.3 Å². The van der Waals surface area contributed by atoms with Crippen LogP contribution in [0.5, 0.6) is 0 Å². The van der Waals surface area contributed by atoms with E-state index in [1.165, 1.54) is 0 Å². The van der Waals surface area contributed by atoms with Crippen molar-refractivity contribution in [2.45, 2.75) is 12.3 Å². The number of alkyl halides is 2. The van der Waals surface area contributed by atoms with Crippen molar-refractivity contribution in [3.05, 3.63) is 29.6 Å². The Labute approximate surface area is 76.4 Å². The van der Waals surface area contributed by atoms with E-state index in [1.807, 2.05) is 19.1 Å². The number of halogens is 2. The van der Waals surface area contributed by atoms with Gasteiger partial charge in [0.25, 0.3) is 0 Å². The lowest BCUT2D eigenvalue weighted by Crippen LogP contribution is -1.97. The Morgan fingerprint density at radius 1 is 1.64 bits per heavy atom. The predicted octanol–water partition coefficient (Wildman–Crippen LogP) is 2.91. The Bertz CT molecular complexity index is 237. The average Bonchev–Trinajstić information content (AvgIpc) is 2.04. The highest BCUT2D eigenvalue weighted by Crippen LogP contribution is 2.21. The molecular weight excluding hydrogens is 181 g/mol. The molecule has 0 radical (unpaired) electrons. The van der Waals surface area contributed by atoms with Gasteiger partial charge < -0.3 is 0 Å². The Balaban J connectivity index is 2.93. The normalized spacial score (nSPS) is 13.0. The van der Waals surface area contributed by atoms with E-state index < -0.39 is 0 Å². The summed E-state index contributed by atoms with van der Waals surface area (Å²) in [7, 11) is 0. The minimum absolute atomic E-state index is 0.169. The number of rotatable bonds is 2. The van der Waals surface area contributed by atoms with Crippen LogP contribution in [0.3, 0.4) is 0 Å². The summed E-state index contributed by atoms with van der Waals surface area (Å²) in [6.45, 7) is 1.98. The first-order valence-electron chi connectivity index (χ1n) is 3.37. The van der Waals surface area contributed by atoms with Crippen molar-refractivity contribution in [1.29, 1.82) is 0 Å². The van der Waals surface area contributed by atoms with E-state index in [-0.39, 0.29) is 5.38 Å². The van der Waals surface area contributed by atoms with E-state index in [9.17, 15) is 0 Å². The second-order valence-electron chi connectivity index (χ2n) is 2.33. The SMILES string of the molecule is Cc1cccnc1C(Cl)CCl. The topological polar surface area (TPSA) is 12.9 Å². The fraction of sp³-hybridized carbons (Fsp3) is 0.375. The zero-order valence-corrected chi connectivity index (χ0v) is 7.73. The van der Waals surface area contributed by atoms with Gasteiger partial charge in [-0.15, -0.1) is 23.2 Å². The molecule has 0 aliphatic heterocycles. The van der Waals surface area contributed by atoms with Gasteiger partial charge in [0.05, 0.1) is 11.1 Å². The van der Waals surface area contributed by atoms with Crippen molar-refractivity contribution >= 4 is 23.2 Å². The molecule has 1 aromatic rings. The minimum Gasteiger partial charge on any atom is -0.259 e. The summed E-state index contributed by atoms with van der Waals surface area (Å²) in [6.07, 6.45) is 1.73.